The van der Waals surface area contributed by atoms with E-state index in [-0.39, 0.29) is 6.54 Å². The molecule has 0 radical (unpaired) electrons. The van der Waals surface area contributed by atoms with Crippen LogP contribution in [-0.4, -0.2) is 25.0 Å². The number of hydrogen-bond donors (Lipinski definition) is 3. The van der Waals surface area contributed by atoms with Gasteiger partial charge in [-0.15, -0.1) is 11.3 Å². The van der Waals surface area contributed by atoms with E-state index in [9.17, 15) is 9.59 Å². The van der Waals surface area contributed by atoms with Crippen LogP contribution in [0.4, 0.5) is 4.79 Å². The molecule has 0 aromatic carbocycles. The Hall–Kier alpha value is -1.11. The number of thiophene rings is 1. The van der Waals surface area contributed by atoms with Gasteiger partial charge in [0.15, 0.2) is 0 Å². The van der Waals surface area contributed by atoms with Crippen LogP contribution in [-0.2, 0) is 11.2 Å². The zero-order chi connectivity index (χ0) is 12.0. The maximum atomic E-state index is 11.0. The number of rotatable bonds is 5. The molecule has 0 atom stereocenters. The number of primary amides is 1. The van der Waals surface area contributed by atoms with Crippen LogP contribution in [0.25, 0.3) is 0 Å². The Labute approximate surface area is 102 Å². The van der Waals surface area contributed by atoms with E-state index in [0.29, 0.717) is 6.54 Å². The highest BCUT2D eigenvalue weighted by Gasteiger charge is 2.03. The predicted octanol–water partition coefficient (Wildman–Crippen LogP) is 0.729. The molecule has 0 saturated heterocycles. The molecule has 0 fully saturated rings. The fraction of sp³-hybridized carbons (Fsp3) is 0.333. The van der Waals surface area contributed by atoms with Gasteiger partial charge in [-0.05, 0) is 18.6 Å². The first-order valence-corrected chi connectivity index (χ1v) is 5.81. The Morgan fingerprint density at radius 2 is 2.19 bits per heavy atom. The zero-order valence-corrected chi connectivity index (χ0v) is 10.0. The fourth-order valence-electron chi connectivity index (χ4n) is 1.08. The highest BCUT2D eigenvalue weighted by atomic mass is 35.5. The molecule has 0 bridgehead atoms. The summed E-state index contributed by atoms with van der Waals surface area (Å²) in [5.41, 5.74) is 4.78. The van der Waals surface area contributed by atoms with Gasteiger partial charge in [-0.1, -0.05) is 11.6 Å². The van der Waals surface area contributed by atoms with Gasteiger partial charge >= 0.3 is 6.03 Å². The monoisotopic (exact) mass is 261 g/mol. The summed E-state index contributed by atoms with van der Waals surface area (Å²) in [6, 6.07) is 2.94. The van der Waals surface area contributed by atoms with Gasteiger partial charge in [0, 0.05) is 11.4 Å². The molecule has 16 heavy (non-hydrogen) atoms. The van der Waals surface area contributed by atoms with Crippen molar-refractivity contribution in [2.45, 2.75) is 6.42 Å². The molecule has 1 aromatic rings. The number of imide groups is 1. The summed E-state index contributed by atoms with van der Waals surface area (Å²) < 4.78 is 0.751. The minimum atomic E-state index is -0.836. The highest BCUT2D eigenvalue weighted by molar-refractivity contribution is 7.16. The van der Waals surface area contributed by atoms with Crippen LogP contribution in [0.15, 0.2) is 12.1 Å². The molecule has 1 heterocycles. The Kier molecular flexibility index (Phi) is 5.24. The lowest BCUT2D eigenvalue weighted by atomic mass is 10.3. The van der Waals surface area contributed by atoms with Crippen LogP contribution in [0.2, 0.25) is 4.34 Å². The molecule has 0 saturated carbocycles. The lowest BCUT2D eigenvalue weighted by Gasteiger charge is -2.02. The minimum absolute atomic E-state index is 0.0715. The molecule has 0 aliphatic carbocycles. The van der Waals surface area contributed by atoms with Crippen molar-refractivity contribution in [2.75, 3.05) is 13.1 Å². The molecular weight excluding hydrogens is 250 g/mol. The third-order valence-corrected chi connectivity index (χ3v) is 3.02. The second-order valence-corrected chi connectivity index (χ2v) is 4.84. The van der Waals surface area contributed by atoms with Crippen molar-refractivity contribution in [2.24, 2.45) is 5.73 Å². The molecule has 0 aliphatic heterocycles. The molecule has 0 spiro atoms. The number of nitrogens with two attached hydrogens (primary N) is 1. The molecule has 7 heteroatoms. The summed E-state index contributed by atoms with van der Waals surface area (Å²) in [4.78, 5) is 22.4. The van der Waals surface area contributed by atoms with Gasteiger partial charge in [-0.25, -0.2) is 4.79 Å². The smallest absolute Gasteiger partial charge is 0.318 e. The van der Waals surface area contributed by atoms with Crippen LogP contribution in [0.5, 0.6) is 0 Å². The van der Waals surface area contributed by atoms with Crippen LogP contribution in [0.1, 0.15) is 4.88 Å². The van der Waals surface area contributed by atoms with Gasteiger partial charge in [-0.3, -0.25) is 10.1 Å². The second kappa shape index (κ2) is 6.47. The first kappa shape index (κ1) is 13.0. The van der Waals surface area contributed by atoms with E-state index in [1.807, 2.05) is 17.4 Å². The van der Waals surface area contributed by atoms with Crippen molar-refractivity contribution >= 4 is 34.9 Å². The third-order valence-electron chi connectivity index (χ3n) is 1.73. The van der Waals surface area contributed by atoms with E-state index in [1.54, 1.807) is 0 Å². The molecule has 0 unspecified atom stereocenters. The molecule has 4 N–H and O–H groups in total. The summed E-state index contributed by atoms with van der Waals surface area (Å²) in [7, 11) is 0. The van der Waals surface area contributed by atoms with Gasteiger partial charge in [0.2, 0.25) is 5.91 Å². The van der Waals surface area contributed by atoms with E-state index < -0.39 is 11.9 Å². The van der Waals surface area contributed by atoms with E-state index in [2.05, 4.69) is 5.32 Å². The van der Waals surface area contributed by atoms with Gasteiger partial charge in [0.1, 0.15) is 0 Å². The largest absolute Gasteiger partial charge is 0.351 e. The van der Waals surface area contributed by atoms with Crippen LogP contribution < -0.4 is 16.4 Å². The maximum absolute atomic E-state index is 11.0. The number of carbonyl (C=O) groups excluding carboxylic acids is 2. The fourth-order valence-corrected chi connectivity index (χ4v) is 2.17. The van der Waals surface area contributed by atoms with E-state index in [0.717, 1.165) is 15.6 Å². The predicted molar refractivity (Wildman–Crippen MR) is 63.6 cm³/mol. The minimum Gasteiger partial charge on any atom is -0.351 e. The van der Waals surface area contributed by atoms with Crippen molar-refractivity contribution in [1.82, 2.24) is 10.6 Å². The Balaban J connectivity index is 2.12. The number of hydrogen-bond acceptors (Lipinski definition) is 4. The van der Waals surface area contributed by atoms with Crippen molar-refractivity contribution in [3.05, 3.63) is 21.3 Å². The van der Waals surface area contributed by atoms with Crippen molar-refractivity contribution in [1.29, 1.82) is 0 Å². The summed E-state index contributed by atoms with van der Waals surface area (Å²) in [5, 5.41) is 4.86. The number of amides is 3. The first-order chi connectivity index (χ1) is 7.58. The van der Waals surface area contributed by atoms with Gasteiger partial charge in [-0.2, -0.15) is 0 Å². The first-order valence-electron chi connectivity index (χ1n) is 4.62. The van der Waals surface area contributed by atoms with E-state index >= 15 is 0 Å². The number of halogens is 1. The van der Waals surface area contributed by atoms with E-state index in [4.69, 9.17) is 17.3 Å². The third kappa shape index (κ3) is 5.11. The maximum Gasteiger partial charge on any atom is 0.318 e. The average Bonchev–Trinajstić information content (AvgIpc) is 2.58. The van der Waals surface area contributed by atoms with Crippen molar-refractivity contribution < 1.29 is 9.59 Å². The second-order valence-electron chi connectivity index (χ2n) is 3.05. The normalized spacial score (nSPS) is 10.1. The molecule has 5 nitrogen and oxygen atoms in total. The average molecular weight is 262 g/mol. The lowest BCUT2D eigenvalue weighted by molar-refractivity contribution is -0.119. The standard InChI is InChI=1S/C9H12ClN3O2S/c10-7-2-1-6(16-7)3-4-12-5-8(14)13-9(11)15/h1-2,12H,3-5H2,(H3,11,13,14,15). The molecule has 1 rings (SSSR count). The molecular formula is C9H12ClN3O2S. The molecule has 0 aliphatic rings. The van der Waals surface area contributed by atoms with Crippen molar-refractivity contribution in [3.8, 4) is 0 Å². The Morgan fingerprint density at radius 3 is 2.75 bits per heavy atom. The zero-order valence-electron chi connectivity index (χ0n) is 8.46. The van der Waals surface area contributed by atoms with E-state index in [1.165, 1.54) is 11.3 Å². The summed E-state index contributed by atoms with van der Waals surface area (Å²) in [5.74, 6) is -0.434. The number of urea groups is 1. The van der Waals surface area contributed by atoms with Crippen molar-refractivity contribution in [3.63, 3.8) is 0 Å². The topological polar surface area (TPSA) is 84.2 Å². The summed E-state index contributed by atoms with van der Waals surface area (Å²) >= 11 is 7.27. The highest BCUT2D eigenvalue weighted by Crippen LogP contribution is 2.21. The number of nitrogens with one attached hydrogen (secondary N) is 2. The van der Waals surface area contributed by atoms with Crippen LogP contribution >= 0.6 is 22.9 Å². The van der Waals surface area contributed by atoms with Crippen LogP contribution in [0, 0.1) is 0 Å². The SMILES string of the molecule is NC(=O)NC(=O)CNCCc1ccc(Cl)s1. The summed E-state index contributed by atoms with van der Waals surface area (Å²) in [6.45, 7) is 0.713. The lowest BCUT2D eigenvalue weighted by Crippen LogP contribution is -2.40. The van der Waals surface area contributed by atoms with Gasteiger partial charge < -0.3 is 11.1 Å². The van der Waals surface area contributed by atoms with Gasteiger partial charge in [0.05, 0.1) is 10.9 Å². The van der Waals surface area contributed by atoms with Gasteiger partial charge in [0.25, 0.3) is 0 Å². The number of carbonyl (C=O) groups is 2. The molecule has 1 aromatic heterocycles. The quantitative estimate of drug-likeness (QED) is 0.683. The van der Waals surface area contributed by atoms with Crippen LogP contribution in [0.3, 0.4) is 0 Å². The molecule has 3 amide bonds. The Bertz CT molecular complexity index is 381. The summed E-state index contributed by atoms with van der Waals surface area (Å²) in [6.07, 6.45) is 0.793. The Morgan fingerprint density at radius 1 is 1.44 bits per heavy atom. The molecule has 88 valence electrons.